The molecule has 0 unspecified atom stereocenters. The van der Waals surface area contributed by atoms with Gasteiger partial charge in [-0.05, 0) is 60.1 Å². The van der Waals surface area contributed by atoms with E-state index in [1.165, 1.54) is 26.7 Å². The SMILES string of the molecule is Brc1cc2ccc1CCc1ccc(c(N=C(c3ccccc3)c3ccccc3)c1)CC2. The van der Waals surface area contributed by atoms with Crippen LogP contribution >= 0.6 is 15.9 Å². The molecule has 0 aromatic heterocycles. The van der Waals surface area contributed by atoms with Crippen molar-refractivity contribution in [2.75, 3.05) is 0 Å². The second kappa shape index (κ2) is 9.03. The van der Waals surface area contributed by atoms with Crippen molar-refractivity contribution in [1.29, 1.82) is 0 Å². The van der Waals surface area contributed by atoms with Gasteiger partial charge < -0.3 is 0 Å². The van der Waals surface area contributed by atoms with E-state index in [9.17, 15) is 0 Å². The standard InChI is InChI=1S/C29H24BrN/c30-27-19-21-11-15-23(27)16-12-22-14-18-24(17-13-21)28(20-22)31-29(25-7-3-1-4-8-25)26-9-5-2-6-10-26/h1-11,14-15,18-20H,12-13,16-17H2. The average molecular weight is 466 g/mol. The van der Waals surface area contributed by atoms with Gasteiger partial charge in [0, 0.05) is 15.6 Å². The molecule has 31 heavy (non-hydrogen) atoms. The van der Waals surface area contributed by atoms with E-state index in [2.05, 4.69) is 113 Å². The summed E-state index contributed by atoms with van der Waals surface area (Å²) in [7, 11) is 0. The summed E-state index contributed by atoms with van der Waals surface area (Å²) < 4.78 is 1.23. The van der Waals surface area contributed by atoms with Crippen LogP contribution < -0.4 is 0 Å². The molecule has 0 heterocycles. The highest BCUT2D eigenvalue weighted by Gasteiger charge is 2.12. The smallest absolute Gasteiger partial charge is 0.0781 e. The molecule has 0 atom stereocenters. The van der Waals surface area contributed by atoms with Gasteiger partial charge in [0.2, 0.25) is 0 Å². The molecule has 0 fully saturated rings. The summed E-state index contributed by atoms with van der Waals surface area (Å²) in [5.41, 5.74) is 9.77. The van der Waals surface area contributed by atoms with Crippen molar-refractivity contribution in [1.82, 2.24) is 0 Å². The van der Waals surface area contributed by atoms with E-state index in [0.717, 1.165) is 48.2 Å². The van der Waals surface area contributed by atoms with E-state index >= 15 is 0 Å². The van der Waals surface area contributed by atoms with Gasteiger partial charge in [0.25, 0.3) is 0 Å². The Kier molecular flexibility index (Phi) is 5.82. The largest absolute Gasteiger partial charge is 0.247 e. The number of rotatable bonds is 3. The molecular weight excluding hydrogens is 442 g/mol. The van der Waals surface area contributed by atoms with Crippen molar-refractivity contribution in [3.8, 4) is 0 Å². The molecule has 4 aromatic rings. The Morgan fingerprint density at radius 3 is 1.74 bits per heavy atom. The van der Waals surface area contributed by atoms with Crippen molar-refractivity contribution >= 4 is 27.3 Å². The molecule has 0 aliphatic heterocycles. The lowest BCUT2D eigenvalue weighted by Crippen LogP contribution is -2.04. The third-order valence-corrected chi connectivity index (χ3v) is 6.70. The van der Waals surface area contributed by atoms with Crippen LogP contribution in [0.4, 0.5) is 5.69 Å². The molecule has 0 spiro atoms. The van der Waals surface area contributed by atoms with Crippen LogP contribution in [-0.4, -0.2) is 5.71 Å². The number of aliphatic imine (C=N–C) groups is 1. The summed E-state index contributed by atoms with van der Waals surface area (Å²) >= 11 is 3.77. The highest BCUT2D eigenvalue weighted by Crippen LogP contribution is 2.29. The van der Waals surface area contributed by atoms with Crippen LogP contribution in [0.1, 0.15) is 33.4 Å². The Morgan fingerprint density at radius 1 is 0.581 bits per heavy atom. The molecular formula is C29H24BrN. The molecule has 0 radical (unpaired) electrons. The lowest BCUT2D eigenvalue weighted by atomic mass is 9.95. The molecule has 1 nitrogen and oxygen atoms in total. The first-order valence-corrected chi connectivity index (χ1v) is 11.6. The van der Waals surface area contributed by atoms with Crippen LogP contribution in [0.15, 0.2) is 107 Å². The van der Waals surface area contributed by atoms with Crippen molar-refractivity contribution < 1.29 is 0 Å². The fraction of sp³-hybridized carbons (Fsp3) is 0.138. The van der Waals surface area contributed by atoms with Gasteiger partial charge in [-0.25, -0.2) is 4.99 Å². The molecule has 152 valence electrons. The predicted octanol–water partition coefficient (Wildman–Crippen LogP) is 7.50. The minimum absolute atomic E-state index is 0.974. The van der Waals surface area contributed by atoms with Crippen LogP contribution in [0.5, 0.6) is 0 Å². The first kappa shape index (κ1) is 20.0. The summed E-state index contributed by atoms with van der Waals surface area (Å²) in [5, 5.41) is 0. The average Bonchev–Trinajstić information content (AvgIpc) is 2.81. The summed E-state index contributed by atoms with van der Waals surface area (Å²) in [6, 6.07) is 34.7. The summed E-state index contributed by atoms with van der Waals surface area (Å²) in [6.45, 7) is 0. The quantitative estimate of drug-likeness (QED) is 0.277. The molecule has 0 saturated heterocycles. The fourth-order valence-electron chi connectivity index (χ4n) is 4.20. The monoisotopic (exact) mass is 465 g/mol. The molecule has 0 amide bonds. The maximum absolute atomic E-state index is 5.27. The van der Waals surface area contributed by atoms with E-state index in [0.29, 0.717) is 0 Å². The molecule has 4 aromatic carbocycles. The summed E-state index contributed by atoms with van der Waals surface area (Å²) in [6.07, 6.45) is 4.01. The molecule has 2 heteroatoms. The van der Waals surface area contributed by atoms with Gasteiger partial charge in [-0.2, -0.15) is 0 Å². The Morgan fingerprint density at radius 2 is 1.13 bits per heavy atom. The summed E-state index contributed by atoms with van der Waals surface area (Å²) in [4.78, 5) is 5.27. The Hall–Kier alpha value is -2.97. The van der Waals surface area contributed by atoms with Crippen LogP contribution in [-0.2, 0) is 25.7 Å². The zero-order valence-electron chi connectivity index (χ0n) is 17.4. The molecule has 4 aliphatic rings. The Balaban J connectivity index is 1.61. The highest BCUT2D eigenvalue weighted by atomic mass is 79.9. The van der Waals surface area contributed by atoms with Crippen LogP contribution in [0, 0.1) is 0 Å². The van der Waals surface area contributed by atoms with Crippen LogP contribution in [0.2, 0.25) is 0 Å². The number of nitrogens with zero attached hydrogens (tertiary/aromatic N) is 1. The number of hydrogen-bond donors (Lipinski definition) is 0. The second-order valence-corrected chi connectivity index (χ2v) is 8.94. The maximum Gasteiger partial charge on any atom is 0.0781 e. The number of halogens is 1. The normalized spacial score (nSPS) is 12.8. The van der Waals surface area contributed by atoms with Gasteiger partial charge in [-0.3, -0.25) is 0 Å². The Labute approximate surface area is 192 Å². The van der Waals surface area contributed by atoms with Gasteiger partial charge in [0.1, 0.15) is 0 Å². The topological polar surface area (TPSA) is 12.4 Å². The van der Waals surface area contributed by atoms with Crippen molar-refractivity contribution in [2.24, 2.45) is 4.99 Å². The van der Waals surface area contributed by atoms with Gasteiger partial charge in [0.05, 0.1) is 11.4 Å². The maximum atomic E-state index is 5.27. The van der Waals surface area contributed by atoms with Crippen molar-refractivity contribution in [2.45, 2.75) is 25.7 Å². The van der Waals surface area contributed by atoms with E-state index in [4.69, 9.17) is 4.99 Å². The van der Waals surface area contributed by atoms with E-state index in [1.54, 1.807) is 0 Å². The van der Waals surface area contributed by atoms with E-state index in [1.807, 2.05) is 0 Å². The van der Waals surface area contributed by atoms with E-state index < -0.39 is 0 Å². The first-order valence-electron chi connectivity index (χ1n) is 10.8. The van der Waals surface area contributed by atoms with Gasteiger partial charge in [-0.15, -0.1) is 0 Å². The molecule has 0 N–H and O–H groups in total. The summed E-state index contributed by atoms with van der Waals surface area (Å²) in [5.74, 6) is 0. The number of aryl methyl sites for hydroxylation is 4. The minimum atomic E-state index is 0.974. The number of hydrogen-bond acceptors (Lipinski definition) is 1. The first-order chi connectivity index (χ1) is 15.3. The molecule has 8 rings (SSSR count). The molecule has 4 bridgehead atoms. The zero-order valence-corrected chi connectivity index (χ0v) is 19.0. The number of benzene rings is 4. The Bertz CT molecular complexity index is 1180. The van der Waals surface area contributed by atoms with Crippen molar-refractivity contribution in [3.05, 3.63) is 135 Å². The zero-order chi connectivity index (χ0) is 21.0. The van der Waals surface area contributed by atoms with Gasteiger partial charge in [-0.1, -0.05) is 101 Å². The highest BCUT2D eigenvalue weighted by molar-refractivity contribution is 9.10. The molecule has 0 saturated carbocycles. The third-order valence-electron chi connectivity index (χ3n) is 5.96. The van der Waals surface area contributed by atoms with E-state index in [-0.39, 0.29) is 0 Å². The van der Waals surface area contributed by atoms with Crippen LogP contribution in [0.25, 0.3) is 0 Å². The van der Waals surface area contributed by atoms with Gasteiger partial charge >= 0.3 is 0 Å². The predicted molar refractivity (Wildman–Crippen MR) is 134 cm³/mol. The van der Waals surface area contributed by atoms with Crippen molar-refractivity contribution in [3.63, 3.8) is 0 Å². The fourth-order valence-corrected chi connectivity index (χ4v) is 4.82. The second-order valence-electron chi connectivity index (χ2n) is 8.08. The lowest BCUT2D eigenvalue weighted by Gasteiger charge is -2.15. The van der Waals surface area contributed by atoms with Crippen LogP contribution in [0.3, 0.4) is 0 Å². The minimum Gasteiger partial charge on any atom is -0.247 e. The van der Waals surface area contributed by atoms with Gasteiger partial charge in [0.15, 0.2) is 0 Å². The lowest BCUT2D eigenvalue weighted by molar-refractivity contribution is 0.916. The molecule has 4 aliphatic carbocycles. The third kappa shape index (κ3) is 4.55.